The van der Waals surface area contributed by atoms with Crippen molar-refractivity contribution in [3.8, 4) is 11.5 Å². The highest BCUT2D eigenvalue weighted by Gasteiger charge is 2.39. The van der Waals surface area contributed by atoms with Crippen LogP contribution in [0.1, 0.15) is 24.5 Å². The number of hydrogen-bond acceptors (Lipinski definition) is 6. The third-order valence-electron chi connectivity index (χ3n) is 5.19. The molecule has 168 valence electrons. The van der Waals surface area contributed by atoms with E-state index in [0.29, 0.717) is 34.9 Å². The second kappa shape index (κ2) is 9.99. The first-order valence-corrected chi connectivity index (χ1v) is 10.7. The molecule has 0 radical (unpaired) electrons. The quantitative estimate of drug-likeness (QED) is 0.498. The lowest BCUT2D eigenvalue weighted by Crippen LogP contribution is -2.32. The number of amides is 2. The number of carbonyl (C=O) groups is 2. The van der Waals surface area contributed by atoms with Crippen LogP contribution in [0.4, 0.5) is 5.69 Å². The Morgan fingerprint density at radius 3 is 2.48 bits per heavy atom. The summed E-state index contributed by atoms with van der Waals surface area (Å²) in [5.41, 5.74) is 2.59. The van der Waals surface area contributed by atoms with Crippen LogP contribution in [0, 0.1) is 0 Å². The molecule has 4 rings (SSSR count). The summed E-state index contributed by atoms with van der Waals surface area (Å²) in [4.78, 5) is 32.1. The number of benzene rings is 2. The van der Waals surface area contributed by atoms with Gasteiger partial charge in [-0.1, -0.05) is 31.2 Å². The topological polar surface area (TPSA) is 80.8 Å². The molecule has 1 aliphatic heterocycles. The molecule has 0 fully saturated rings. The molecule has 2 heterocycles. The van der Waals surface area contributed by atoms with Crippen LogP contribution in [0.2, 0.25) is 0 Å². The molecule has 0 aliphatic carbocycles. The van der Waals surface area contributed by atoms with E-state index in [4.69, 9.17) is 9.47 Å². The summed E-state index contributed by atoms with van der Waals surface area (Å²) in [6.07, 6.45) is 4.19. The Morgan fingerprint density at radius 1 is 0.970 bits per heavy atom. The fraction of sp³-hybridized carbons (Fsp3) is 0.192. The Kier molecular flexibility index (Phi) is 6.69. The van der Waals surface area contributed by atoms with Crippen molar-refractivity contribution in [2.24, 2.45) is 0 Å². The third-order valence-corrected chi connectivity index (χ3v) is 5.19. The van der Waals surface area contributed by atoms with Crippen molar-refractivity contribution in [1.29, 1.82) is 0 Å². The average molecular weight is 444 g/mol. The summed E-state index contributed by atoms with van der Waals surface area (Å²) in [5.74, 6) is 0.598. The minimum absolute atomic E-state index is 0.135. The fourth-order valence-corrected chi connectivity index (χ4v) is 3.56. The Hall–Kier alpha value is -4.13. The second-order valence-corrected chi connectivity index (χ2v) is 7.54. The van der Waals surface area contributed by atoms with Crippen molar-refractivity contribution in [1.82, 2.24) is 9.88 Å². The van der Waals surface area contributed by atoms with Gasteiger partial charge in [0.25, 0.3) is 11.8 Å². The van der Waals surface area contributed by atoms with Gasteiger partial charge in [0.15, 0.2) is 0 Å². The normalized spacial score (nSPS) is 13.5. The van der Waals surface area contributed by atoms with E-state index in [0.717, 1.165) is 12.0 Å². The smallest absolute Gasteiger partial charge is 0.278 e. The molecular weight excluding hydrogens is 418 g/mol. The molecule has 0 saturated carbocycles. The van der Waals surface area contributed by atoms with Crippen LogP contribution in [0.25, 0.3) is 5.57 Å². The fourth-order valence-electron chi connectivity index (χ4n) is 3.56. The number of hydrogen-bond donors (Lipinski definition) is 1. The molecule has 1 aromatic heterocycles. The van der Waals surface area contributed by atoms with E-state index in [1.807, 2.05) is 37.3 Å². The monoisotopic (exact) mass is 443 g/mol. The maximum absolute atomic E-state index is 13.4. The third kappa shape index (κ3) is 4.87. The van der Waals surface area contributed by atoms with Gasteiger partial charge in [0, 0.05) is 24.1 Å². The van der Waals surface area contributed by atoms with E-state index < -0.39 is 5.91 Å². The number of nitrogens with one attached hydrogen (secondary N) is 1. The molecule has 0 unspecified atom stereocenters. The standard InChI is InChI=1S/C26H25N3O4/c1-3-14-33-22-8-4-7-20(15-22)28-24-23(19-9-11-21(32-2)12-10-19)25(30)29(26(24)31)17-18-6-5-13-27-16-18/h4-13,15-16,28H,3,14,17H2,1-2H3. The molecule has 0 bridgehead atoms. The Balaban J connectivity index is 1.70. The maximum atomic E-state index is 13.4. The Morgan fingerprint density at radius 2 is 1.79 bits per heavy atom. The highest BCUT2D eigenvalue weighted by atomic mass is 16.5. The first-order valence-electron chi connectivity index (χ1n) is 10.7. The second-order valence-electron chi connectivity index (χ2n) is 7.54. The van der Waals surface area contributed by atoms with Gasteiger partial charge >= 0.3 is 0 Å². The van der Waals surface area contributed by atoms with Crippen molar-refractivity contribution >= 4 is 23.1 Å². The molecule has 1 aliphatic rings. The summed E-state index contributed by atoms with van der Waals surface area (Å²) < 4.78 is 10.9. The van der Waals surface area contributed by atoms with Crippen molar-refractivity contribution < 1.29 is 19.1 Å². The molecule has 0 spiro atoms. The first kappa shape index (κ1) is 22.1. The van der Waals surface area contributed by atoms with Gasteiger partial charge in [-0.15, -0.1) is 0 Å². The zero-order valence-corrected chi connectivity index (χ0v) is 18.6. The van der Waals surface area contributed by atoms with Gasteiger partial charge in [0.05, 0.1) is 25.8 Å². The van der Waals surface area contributed by atoms with Gasteiger partial charge < -0.3 is 14.8 Å². The van der Waals surface area contributed by atoms with Crippen molar-refractivity contribution in [3.63, 3.8) is 0 Å². The van der Waals surface area contributed by atoms with Gasteiger partial charge in [0.2, 0.25) is 0 Å². The zero-order valence-electron chi connectivity index (χ0n) is 18.6. The van der Waals surface area contributed by atoms with Gasteiger partial charge in [0.1, 0.15) is 17.2 Å². The SMILES string of the molecule is CCCOc1cccc(NC2=C(c3ccc(OC)cc3)C(=O)N(Cc3cccnc3)C2=O)c1. The Bertz CT molecular complexity index is 1170. The number of carbonyl (C=O) groups excluding carboxylic acids is 2. The van der Waals surface area contributed by atoms with Crippen molar-refractivity contribution in [2.75, 3.05) is 19.0 Å². The van der Waals surface area contributed by atoms with E-state index in [1.54, 1.807) is 49.8 Å². The van der Waals surface area contributed by atoms with E-state index in [2.05, 4.69) is 10.3 Å². The molecule has 1 N–H and O–H groups in total. The first-order chi connectivity index (χ1) is 16.1. The van der Waals surface area contributed by atoms with Gasteiger partial charge in [-0.05, 0) is 47.9 Å². The molecule has 2 amide bonds. The van der Waals surface area contributed by atoms with Crippen LogP contribution in [-0.4, -0.2) is 35.4 Å². The number of nitrogens with zero attached hydrogens (tertiary/aromatic N) is 2. The number of ether oxygens (including phenoxy) is 2. The van der Waals surface area contributed by atoms with Crippen molar-refractivity contribution in [2.45, 2.75) is 19.9 Å². The lowest BCUT2D eigenvalue weighted by atomic mass is 10.0. The van der Waals surface area contributed by atoms with Crippen LogP contribution in [0.5, 0.6) is 11.5 Å². The summed E-state index contributed by atoms with van der Waals surface area (Å²) in [6, 6.07) is 18.0. The van der Waals surface area contributed by atoms with E-state index >= 15 is 0 Å². The number of pyridine rings is 1. The summed E-state index contributed by atoms with van der Waals surface area (Å²) >= 11 is 0. The average Bonchev–Trinajstić information content (AvgIpc) is 3.08. The summed E-state index contributed by atoms with van der Waals surface area (Å²) in [5, 5.41) is 3.17. The van der Waals surface area contributed by atoms with E-state index in [-0.39, 0.29) is 18.1 Å². The zero-order chi connectivity index (χ0) is 23.2. The highest BCUT2D eigenvalue weighted by molar-refractivity contribution is 6.36. The molecule has 3 aromatic rings. The van der Waals surface area contributed by atoms with Crippen LogP contribution in [0.3, 0.4) is 0 Å². The van der Waals surface area contributed by atoms with E-state index in [9.17, 15) is 9.59 Å². The largest absolute Gasteiger partial charge is 0.497 e. The molecule has 0 saturated heterocycles. The number of methoxy groups -OCH3 is 1. The molecule has 0 atom stereocenters. The summed E-state index contributed by atoms with van der Waals surface area (Å²) in [6.45, 7) is 2.77. The predicted octanol–water partition coefficient (Wildman–Crippen LogP) is 4.27. The molecular formula is C26H25N3O4. The van der Waals surface area contributed by atoms with Gasteiger partial charge in [-0.3, -0.25) is 19.5 Å². The van der Waals surface area contributed by atoms with Gasteiger partial charge in [-0.2, -0.15) is 0 Å². The number of aromatic nitrogens is 1. The van der Waals surface area contributed by atoms with Crippen LogP contribution in [0.15, 0.2) is 78.8 Å². The maximum Gasteiger partial charge on any atom is 0.278 e. The lowest BCUT2D eigenvalue weighted by molar-refractivity contribution is -0.137. The molecule has 7 nitrogen and oxygen atoms in total. The minimum atomic E-state index is -0.394. The Labute approximate surface area is 192 Å². The van der Waals surface area contributed by atoms with Gasteiger partial charge in [-0.25, -0.2) is 0 Å². The lowest BCUT2D eigenvalue weighted by Gasteiger charge is -2.15. The number of imide groups is 1. The number of anilines is 1. The number of rotatable bonds is 9. The summed E-state index contributed by atoms with van der Waals surface area (Å²) in [7, 11) is 1.58. The van der Waals surface area contributed by atoms with Crippen LogP contribution in [-0.2, 0) is 16.1 Å². The minimum Gasteiger partial charge on any atom is -0.497 e. The van der Waals surface area contributed by atoms with Crippen LogP contribution >= 0.6 is 0 Å². The molecule has 33 heavy (non-hydrogen) atoms. The predicted molar refractivity (Wildman–Crippen MR) is 126 cm³/mol. The molecule has 2 aromatic carbocycles. The van der Waals surface area contributed by atoms with Crippen molar-refractivity contribution in [3.05, 3.63) is 89.9 Å². The highest BCUT2D eigenvalue weighted by Crippen LogP contribution is 2.33. The molecule has 7 heteroatoms. The van der Waals surface area contributed by atoms with Crippen LogP contribution < -0.4 is 14.8 Å². The van der Waals surface area contributed by atoms with E-state index in [1.165, 1.54) is 4.90 Å².